The van der Waals surface area contributed by atoms with Crippen molar-refractivity contribution in [2.45, 2.75) is 6.42 Å². The van der Waals surface area contributed by atoms with Crippen LogP contribution in [0.3, 0.4) is 0 Å². The van der Waals surface area contributed by atoms with Gasteiger partial charge in [0.15, 0.2) is 0 Å². The molecule has 0 radical (unpaired) electrons. The van der Waals surface area contributed by atoms with Gasteiger partial charge in [-0.05, 0) is 24.6 Å². The van der Waals surface area contributed by atoms with Crippen LogP contribution in [0.25, 0.3) is 0 Å². The first kappa shape index (κ1) is 13.6. The quantitative estimate of drug-likeness (QED) is 0.862. The van der Waals surface area contributed by atoms with Crippen molar-refractivity contribution in [3.8, 4) is 0 Å². The smallest absolute Gasteiger partial charge is 0.105 e. The number of hydrogen-bond acceptors (Lipinski definition) is 3. The molecular formula is C13H17ClN2OS. The molecule has 1 saturated heterocycles. The number of methoxy groups -OCH3 is 1. The van der Waals surface area contributed by atoms with Crippen LogP contribution < -0.4 is 10.6 Å². The summed E-state index contributed by atoms with van der Waals surface area (Å²) in [6.45, 7) is 2.86. The summed E-state index contributed by atoms with van der Waals surface area (Å²) in [5, 5.41) is 0.621. The van der Waals surface area contributed by atoms with E-state index in [1.807, 2.05) is 18.2 Å². The third kappa shape index (κ3) is 2.94. The van der Waals surface area contributed by atoms with Crippen molar-refractivity contribution in [1.29, 1.82) is 0 Å². The van der Waals surface area contributed by atoms with Crippen molar-refractivity contribution in [2.75, 3.05) is 31.7 Å². The van der Waals surface area contributed by atoms with Gasteiger partial charge in [-0.1, -0.05) is 23.8 Å². The van der Waals surface area contributed by atoms with Gasteiger partial charge in [0, 0.05) is 37.4 Å². The number of halogens is 1. The molecule has 1 aromatic carbocycles. The van der Waals surface area contributed by atoms with Crippen LogP contribution in [-0.2, 0) is 4.74 Å². The monoisotopic (exact) mass is 284 g/mol. The maximum atomic E-state index is 6.18. The number of benzene rings is 1. The molecule has 1 aliphatic rings. The Kier molecular flexibility index (Phi) is 4.43. The van der Waals surface area contributed by atoms with Gasteiger partial charge in [0.2, 0.25) is 0 Å². The number of nitrogens with zero attached hydrogens (tertiary/aromatic N) is 1. The Morgan fingerprint density at radius 1 is 1.61 bits per heavy atom. The average Bonchev–Trinajstić information content (AvgIpc) is 2.77. The van der Waals surface area contributed by atoms with E-state index >= 15 is 0 Å². The van der Waals surface area contributed by atoms with E-state index in [1.165, 1.54) is 0 Å². The number of thiocarbonyl (C=S) groups is 1. The normalized spacial score (nSPS) is 19.2. The summed E-state index contributed by atoms with van der Waals surface area (Å²) in [5.41, 5.74) is 7.46. The standard InChI is InChI=1S/C13H17ClN2OS/c1-17-8-9-4-5-16(7-9)10-2-3-11(13(15)18)12(14)6-10/h2-3,6,9H,4-5,7-8H2,1H3,(H2,15,18). The molecule has 0 spiro atoms. The Labute approximate surface area is 118 Å². The van der Waals surface area contributed by atoms with Crippen LogP contribution in [0, 0.1) is 5.92 Å². The summed E-state index contributed by atoms with van der Waals surface area (Å²) in [7, 11) is 1.75. The lowest BCUT2D eigenvalue weighted by molar-refractivity contribution is 0.161. The first-order chi connectivity index (χ1) is 8.61. The highest BCUT2D eigenvalue weighted by molar-refractivity contribution is 7.80. The Morgan fingerprint density at radius 3 is 3.00 bits per heavy atom. The Morgan fingerprint density at radius 2 is 2.39 bits per heavy atom. The van der Waals surface area contributed by atoms with E-state index in [2.05, 4.69) is 4.90 Å². The zero-order valence-corrected chi connectivity index (χ0v) is 11.9. The Bertz CT molecular complexity index is 453. The molecule has 1 atom stereocenters. The van der Waals surface area contributed by atoms with E-state index in [9.17, 15) is 0 Å². The summed E-state index contributed by atoms with van der Waals surface area (Å²) < 4.78 is 5.20. The van der Waals surface area contributed by atoms with Gasteiger partial charge < -0.3 is 15.4 Å². The minimum Gasteiger partial charge on any atom is -0.389 e. The molecule has 3 nitrogen and oxygen atoms in total. The van der Waals surface area contributed by atoms with E-state index in [0.717, 1.165) is 37.4 Å². The summed E-state index contributed by atoms with van der Waals surface area (Å²) in [6.07, 6.45) is 1.16. The number of nitrogens with two attached hydrogens (primary N) is 1. The van der Waals surface area contributed by atoms with Gasteiger partial charge in [-0.3, -0.25) is 0 Å². The summed E-state index contributed by atoms with van der Waals surface area (Å²) >= 11 is 11.1. The zero-order chi connectivity index (χ0) is 13.1. The van der Waals surface area contributed by atoms with Gasteiger partial charge in [0.25, 0.3) is 0 Å². The van der Waals surface area contributed by atoms with Gasteiger partial charge in [0.1, 0.15) is 4.99 Å². The molecule has 1 unspecified atom stereocenters. The van der Waals surface area contributed by atoms with Gasteiger partial charge >= 0.3 is 0 Å². The predicted octanol–water partition coefficient (Wildman–Crippen LogP) is 2.45. The first-order valence-electron chi connectivity index (χ1n) is 5.95. The van der Waals surface area contributed by atoms with E-state index < -0.39 is 0 Å². The largest absolute Gasteiger partial charge is 0.389 e. The van der Waals surface area contributed by atoms with Crippen molar-refractivity contribution < 1.29 is 4.74 Å². The van der Waals surface area contributed by atoms with Crippen molar-refractivity contribution in [2.24, 2.45) is 11.7 Å². The second kappa shape index (κ2) is 5.87. The fourth-order valence-electron chi connectivity index (χ4n) is 2.34. The Hall–Kier alpha value is -0.840. The van der Waals surface area contributed by atoms with Crippen molar-refractivity contribution >= 4 is 34.5 Å². The van der Waals surface area contributed by atoms with Crippen LogP contribution in [-0.4, -0.2) is 31.8 Å². The van der Waals surface area contributed by atoms with Crippen LogP contribution in [0.15, 0.2) is 18.2 Å². The highest BCUT2D eigenvalue weighted by atomic mass is 35.5. The SMILES string of the molecule is COCC1CCN(c2ccc(C(N)=S)c(Cl)c2)C1. The van der Waals surface area contributed by atoms with Gasteiger partial charge in [-0.25, -0.2) is 0 Å². The van der Waals surface area contributed by atoms with E-state index in [-0.39, 0.29) is 0 Å². The molecule has 1 aromatic rings. The van der Waals surface area contributed by atoms with Gasteiger partial charge in [0.05, 0.1) is 11.6 Å². The predicted molar refractivity (Wildman–Crippen MR) is 79.5 cm³/mol. The van der Waals surface area contributed by atoms with Crippen molar-refractivity contribution in [1.82, 2.24) is 0 Å². The van der Waals surface area contributed by atoms with Crippen LogP contribution in [0.5, 0.6) is 0 Å². The second-order valence-electron chi connectivity index (χ2n) is 4.58. The number of anilines is 1. The number of rotatable bonds is 4. The molecule has 2 rings (SSSR count). The van der Waals surface area contributed by atoms with Gasteiger partial charge in [-0.15, -0.1) is 0 Å². The molecule has 18 heavy (non-hydrogen) atoms. The van der Waals surface area contributed by atoms with Gasteiger partial charge in [-0.2, -0.15) is 0 Å². The number of ether oxygens (including phenoxy) is 1. The minimum absolute atomic E-state index is 0.338. The third-order valence-corrected chi connectivity index (χ3v) is 3.80. The molecule has 0 aromatic heterocycles. The third-order valence-electron chi connectivity index (χ3n) is 3.27. The molecule has 1 aliphatic heterocycles. The van der Waals surface area contributed by atoms with E-state index in [1.54, 1.807) is 7.11 Å². The highest BCUT2D eigenvalue weighted by Crippen LogP contribution is 2.28. The topological polar surface area (TPSA) is 38.5 Å². The van der Waals surface area contributed by atoms with Crippen LogP contribution in [0.4, 0.5) is 5.69 Å². The molecule has 0 aliphatic carbocycles. The Balaban J connectivity index is 2.11. The maximum absolute atomic E-state index is 6.18. The molecular weight excluding hydrogens is 268 g/mol. The molecule has 0 bridgehead atoms. The molecule has 98 valence electrons. The fourth-order valence-corrected chi connectivity index (χ4v) is 2.85. The van der Waals surface area contributed by atoms with Crippen LogP contribution in [0.2, 0.25) is 5.02 Å². The summed E-state index contributed by atoms with van der Waals surface area (Å²) in [6, 6.07) is 5.85. The number of hydrogen-bond donors (Lipinski definition) is 1. The summed E-state index contributed by atoms with van der Waals surface area (Å²) in [4.78, 5) is 2.66. The molecule has 0 saturated carbocycles. The van der Waals surface area contributed by atoms with Crippen molar-refractivity contribution in [3.05, 3.63) is 28.8 Å². The molecule has 0 amide bonds. The average molecular weight is 285 g/mol. The molecule has 2 N–H and O–H groups in total. The lowest BCUT2D eigenvalue weighted by Crippen LogP contribution is -2.21. The van der Waals surface area contributed by atoms with Crippen LogP contribution >= 0.6 is 23.8 Å². The maximum Gasteiger partial charge on any atom is 0.105 e. The molecule has 1 heterocycles. The fraction of sp³-hybridized carbons (Fsp3) is 0.462. The lowest BCUT2D eigenvalue weighted by Gasteiger charge is -2.19. The summed E-state index contributed by atoms with van der Waals surface area (Å²) in [5.74, 6) is 0.601. The lowest BCUT2D eigenvalue weighted by atomic mass is 10.1. The van der Waals surface area contributed by atoms with E-state index in [4.69, 9.17) is 34.3 Å². The van der Waals surface area contributed by atoms with Crippen molar-refractivity contribution in [3.63, 3.8) is 0 Å². The molecule has 1 fully saturated rings. The van der Waals surface area contributed by atoms with E-state index in [0.29, 0.717) is 15.9 Å². The second-order valence-corrected chi connectivity index (χ2v) is 5.43. The zero-order valence-electron chi connectivity index (χ0n) is 10.4. The van der Waals surface area contributed by atoms with Crippen LogP contribution in [0.1, 0.15) is 12.0 Å². The highest BCUT2D eigenvalue weighted by Gasteiger charge is 2.22. The minimum atomic E-state index is 0.338. The molecule has 5 heteroatoms. The first-order valence-corrected chi connectivity index (χ1v) is 6.73.